The van der Waals surface area contributed by atoms with Crippen LogP contribution >= 0.6 is 0 Å². The number of carbonyl (C=O) groups excluding carboxylic acids is 2. The van der Waals surface area contributed by atoms with E-state index in [9.17, 15) is 18.0 Å². The normalized spacial score (nSPS) is 15.3. The zero-order chi connectivity index (χ0) is 22.7. The van der Waals surface area contributed by atoms with Gasteiger partial charge in [-0.1, -0.05) is 6.07 Å². The molecule has 0 atom stereocenters. The van der Waals surface area contributed by atoms with Crippen LogP contribution < -0.4 is 5.32 Å². The number of ether oxygens (including phenoxy) is 1. The Bertz CT molecular complexity index is 885. The molecule has 1 fully saturated rings. The zero-order valence-corrected chi connectivity index (χ0v) is 19.4. The molecule has 1 aromatic carbocycles. The molecule has 0 radical (unpaired) electrons. The second kappa shape index (κ2) is 9.22. The van der Waals surface area contributed by atoms with Crippen molar-refractivity contribution in [2.45, 2.75) is 38.2 Å². The summed E-state index contributed by atoms with van der Waals surface area (Å²) < 4.78 is 31.2. The van der Waals surface area contributed by atoms with Crippen molar-refractivity contribution in [1.82, 2.24) is 14.1 Å². The van der Waals surface area contributed by atoms with E-state index in [0.29, 0.717) is 31.9 Å². The topological polar surface area (TPSA) is 99.3 Å². The molecule has 0 spiro atoms. The molecule has 0 unspecified atom stereocenters. The molecule has 1 N–H and O–H groups in total. The Morgan fingerprint density at radius 3 is 2.20 bits per heavy atom. The smallest absolute Gasteiger partial charge is 0.410 e. The van der Waals surface area contributed by atoms with E-state index in [1.165, 1.54) is 14.1 Å². The fourth-order valence-corrected chi connectivity index (χ4v) is 3.84. The number of nitrogens with one attached hydrogen (secondary N) is 1. The van der Waals surface area contributed by atoms with Crippen LogP contribution in [-0.2, 0) is 19.6 Å². The Hall–Kier alpha value is -2.33. The third-order valence-corrected chi connectivity index (χ3v) is 6.51. The first-order valence-corrected chi connectivity index (χ1v) is 11.3. The standard InChI is InChI=1S/C20H32N4O5S/c1-15-7-8-16(30(27,28)22(5)6)13-17(15)21-14-18(25)23-9-11-24(12-10-23)19(26)29-20(2,3)4/h7-8,13,21H,9-12,14H2,1-6H3. The zero-order valence-electron chi connectivity index (χ0n) is 18.6. The van der Waals surface area contributed by atoms with Crippen LogP contribution in [0.2, 0.25) is 0 Å². The van der Waals surface area contributed by atoms with Gasteiger partial charge in [0.25, 0.3) is 0 Å². The molecule has 9 nitrogen and oxygen atoms in total. The molecular formula is C20H32N4O5S. The van der Waals surface area contributed by atoms with Crippen LogP contribution in [0.5, 0.6) is 0 Å². The third kappa shape index (κ3) is 6.09. The van der Waals surface area contributed by atoms with E-state index in [1.54, 1.807) is 28.0 Å². The Morgan fingerprint density at radius 2 is 1.67 bits per heavy atom. The molecule has 1 heterocycles. The number of rotatable bonds is 5. The largest absolute Gasteiger partial charge is 0.444 e. The molecule has 1 aliphatic heterocycles. The summed E-state index contributed by atoms with van der Waals surface area (Å²) in [4.78, 5) is 28.2. The summed E-state index contributed by atoms with van der Waals surface area (Å²) >= 11 is 0. The number of carbonyl (C=O) groups is 2. The average Bonchev–Trinajstić information content (AvgIpc) is 2.65. The molecule has 0 saturated carbocycles. The minimum absolute atomic E-state index is 0.0404. The van der Waals surface area contributed by atoms with Gasteiger partial charge in [0.1, 0.15) is 5.60 Å². The molecule has 1 saturated heterocycles. The highest BCUT2D eigenvalue weighted by atomic mass is 32.2. The first-order chi connectivity index (χ1) is 13.8. The Morgan fingerprint density at radius 1 is 1.10 bits per heavy atom. The lowest BCUT2D eigenvalue weighted by Gasteiger charge is -2.35. The lowest BCUT2D eigenvalue weighted by atomic mass is 10.2. The fourth-order valence-electron chi connectivity index (χ4n) is 2.91. The van der Waals surface area contributed by atoms with E-state index in [1.807, 2.05) is 27.7 Å². The third-order valence-electron chi connectivity index (χ3n) is 4.70. The number of hydrogen-bond acceptors (Lipinski definition) is 6. The Balaban J connectivity index is 1.94. The maximum Gasteiger partial charge on any atom is 0.410 e. The number of anilines is 1. The lowest BCUT2D eigenvalue weighted by Crippen LogP contribution is -2.52. The van der Waals surface area contributed by atoms with Gasteiger partial charge in [0, 0.05) is 46.0 Å². The summed E-state index contributed by atoms with van der Waals surface area (Å²) in [6, 6.07) is 4.80. The average molecular weight is 441 g/mol. The van der Waals surface area contributed by atoms with Crippen LogP contribution in [0, 0.1) is 6.92 Å². The molecule has 30 heavy (non-hydrogen) atoms. The predicted octanol–water partition coefficient (Wildman–Crippen LogP) is 1.74. The number of hydrogen-bond donors (Lipinski definition) is 1. The maximum atomic E-state index is 12.6. The van der Waals surface area contributed by atoms with Crippen molar-refractivity contribution in [2.75, 3.05) is 52.1 Å². The van der Waals surface area contributed by atoms with Gasteiger partial charge >= 0.3 is 6.09 Å². The second-order valence-corrected chi connectivity index (χ2v) is 10.6. The van der Waals surface area contributed by atoms with Gasteiger partial charge in [0.2, 0.25) is 15.9 Å². The van der Waals surface area contributed by atoms with Crippen molar-refractivity contribution >= 4 is 27.7 Å². The highest BCUT2D eigenvalue weighted by Crippen LogP contribution is 2.22. The summed E-state index contributed by atoms with van der Waals surface area (Å²) in [6.45, 7) is 9.01. The van der Waals surface area contributed by atoms with Crippen LogP contribution in [0.3, 0.4) is 0 Å². The first-order valence-electron chi connectivity index (χ1n) is 9.84. The molecule has 1 aromatic rings. The van der Waals surface area contributed by atoms with Crippen molar-refractivity contribution in [2.24, 2.45) is 0 Å². The number of sulfonamides is 1. The molecule has 0 bridgehead atoms. The first kappa shape index (κ1) is 23.9. The molecule has 1 aliphatic rings. The van der Waals surface area contributed by atoms with Crippen LogP contribution in [-0.4, -0.2) is 86.9 Å². The van der Waals surface area contributed by atoms with Crippen molar-refractivity contribution in [3.05, 3.63) is 23.8 Å². The number of nitrogens with zero attached hydrogens (tertiary/aromatic N) is 3. The van der Waals surface area contributed by atoms with Gasteiger partial charge in [-0.15, -0.1) is 0 Å². The second-order valence-electron chi connectivity index (χ2n) is 8.47. The predicted molar refractivity (Wildman–Crippen MR) is 115 cm³/mol. The SMILES string of the molecule is Cc1ccc(S(=O)(=O)N(C)C)cc1NCC(=O)N1CCN(C(=O)OC(C)(C)C)CC1. The lowest BCUT2D eigenvalue weighted by molar-refractivity contribution is -0.131. The summed E-state index contributed by atoms with van der Waals surface area (Å²) in [7, 11) is -0.604. The maximum absolute atomic E-state index is 12.6. The summed E-state index contributed by atoms with van der Waals surface area (Å²) in [5, 5.41) is 3.05. The number of benzene rings is 1. The van der Waals surface area contributed by atoms with Gasteiger partial charge in [-0.3, -0.25) is 4.79 Å². The van der Waals surface area contributed by atoms with E-state index in [2.05, 4.69) is 5.32 Å². The molecule has 168 valence electrons. The van der Waals surface area contributed by atoms with Gasteiger partial charge in [-0.25, -0.2) is 17.5 Å². The summed E-state index contributed by atoms with van der Waals surface area (Å²) in [6.07, 6.45) is -0.373. The van der Waals surface area contributed by atoms with Crippen LogP contribution in [0.4, 0.5) is 10.5 Å². The van der Waals surface area contributed by atoms with Crippen LogP contribution in [0.15, 0.2) is 23.1 Å². The van der Waals surface area contributed by atoms with Crippen molar-refractivity contribution in [3.63, 3.8) is 0 Å². The van der Waals surface area contributed by atoms with Gasteiger partial charge in [0.15, 0.2) is 0 Å². The minimum Gasteiger partial charge on any atom is -0.444 e. The molecule has 2 amide bonds. The highest BCUT2D eigenvalue weighted by molar-refractivity contribution is 7.89. The number of amides is 2. The van der Waals surface area contributed by atoms with E-state index in [0.717, 1.165) is 9.87 Å². The van der Waals surface area contributed by atoms with Crippen LogP contribution in [0.25, 0.3) is 0 Å². The molecule has 10 heteroatoms. The molecule has 0 aromatic heterocycles. The monoisotopic (exact) mass is 440 g/mol. The number of aryl methyl sites for hydroxylation is 1. The van der Waals surface area contributed by atoms with Crippen LogP contribution in [0.1, 0.15) is 26.3 Å². The van der Waals surface area contributed by atoms with Gasteiger partial charge in [-0.2, -0.15) is 0 Å². The van der Waals surface area contributed by atoms with Crippen molar-refractivity contribution in [1.29, 1.82) is 0 Å². The van der Waals surface area contributed by atoms with Crippen molar-refractivity contribution < 1.29 is 22.7 Å². The van der Waals surface area contributed by atoms with Crippen molar-refractivity contribution in [3.8, 4) is 0 Å². The fraction of sp³-hybridized carbons (Fsp3) is 0.600. The summed E-state index contributed by atoms with van der Waals surface area (Å²) in [5.74, 6) is -0.112. The highest BCUT2D eigenvalue weighted by Gasteiger charge is 2.27. The van der Waals surface area contributed by atoms with E-state index in [-0.39, 0.29) is 23.4 Å². The quantitative estimate of drug-likeness (QED) is 0.749. The number of piperazine rings is 1. The Kier molecular flexibility index (Phi) is 7.36. The van der Waals surface area contributed by atoms with Gasteiger partial charge in [-0.05, 0) is 45.4 Å². The Labute approximate surface area is 179 Å². The summed E-state index contributed by atoms with van der Waals surface area (Å²) in [5.41, 5.74) is 0.884. The molecule has 0 aliphatic carbocycles. The van der Waals surface area contributed by atoms with E-state index in [4.69, 9.17) is 4.74 Å². The van der Waals surface area contributed by atoms with E-state index < -0.39 is 15.6 Å². The van der Waals surface area contributed by atoms with Gasteiger partial charge in [0.05, 0.1) is 11.4 Å². The molecule has 2 rings (SSSR count). The van der Waals surface area contributed by atoms with E-state index >= 15 is 0 Å². The minimum atomic E-state index is -3.55. The molecular weight excluding hydrogens is 408 g/mol. The van der Waals surface area contributed by atoms with Gasteiger partial charge < -0.3 is 19.9 Å².